The molecule has 8 heterocycles. The van der Waals surface area contributed by atoms with Crippen molar-refractivity contribution in [1.82, 2.24) is 38.2 Å². The fourth-order valence-electron chi connectivity index (χ4n) is 16.1. The number of carbonyl (C=O) groups is 4. The van der Waals surface area contributed by atoms with Crippen molar-refractivity contribution >= 4 is 264 Å². The molecule has 0 fully saturated rings. The van der Waals surface area contributed by atoms with Crippen LogP contribution in [0.1, 0.15) is 106 Å². The predicted octanol–water partition coefficient (Wildman–Crippen LogP) is 31.0. The Morgan fingerprint density at radius 2 is 0.475 bits per heavy atom. The van der Waals surface area contributed by atoms with Crippen molar-refractivity contribution in [2.24, 2.45) is 0 Å². The molecule has 20 rings (SSSR count). The van der Waals surface area contributed by atoms with Crippen LogP contribution in [0.4, 0.5) is 0 Å². The van der Waals surface area contributed by atoms with Gasteiger partial charge in [0, 0.05) is 103 Å². The van der Waals surface area contributed by atoms with E-state index in [0.29, 0.717) is 94.7 Å². The van der Waals surface area contributed by atoms with Crippen LogP contribution in [0.15, 0.2) is 302 Å². The summed E-state index contributed by atoms with van der Waals surface area (Å²) < 4.78 is 69.2. The molecular weight excluding hydrogens is 2190 g/mol. The number of methoxy groups -OCH3 is 4. The van der Waals surface area contributed by atoms with Gasteiger partial charge in [-0.15, -0.1) is 45.3 Å². The number of para-hydroxylation sites is 8. The summed E-state index contributed by atoms with van der Waals surface area (Å²) in [6, 6.07) is 88.2. The van der Waals surface area contributed by atoms with Crippen molar-refractivity contribution in [3.8, 4) is 45.7 Å². The first kappa shape index (κ1) is 103. The Labute approximate surface area is 881 Å². The Morgan fingerprint density at radius 3 is 0.652 bits per heavy atom. The Balaban J connectivity index is 0.000000133. The largest absolute Gasteiger partial charge is 0.496 e. The topological polar surface area (TPSA) is 223 Å². The molecule has 141 heavy (non-hydrogen) atoms. The molecule has 20 aromatic rings. The van der Waals surface area contributed by atoms with Gasteiger partial charge in [0.25, 0.3) is 0 Å². The van der Waals surface area contributed by atoms with Crippen LogP contribution in [0.25, 0.3) is 107 Å². The molecule has 8 aromatic heterocycles. The summed E-state index contributed by atoms with van der Waals surface area (Å²) in [7, 11) is 6.48. The van der Waals surface area contributed by atoms with Crippen LogP contribution in [-0.4, -0.2) is 130 Å². The van der Waals surface area contributed by atoms with Gasteiger partial charge in [0.05, 0.1) is 158 Å². The predicted molar refractivity (Wildman–Crippen MR) is 593 cm³/mol. The second-order valence-corrected chi connectivity index (χ2v) is 43.0. The lowest BCUT2D eigenvalue weighted by molar-refractivity contribution is 0.0517. The number of rotatable bonds is 30. The third-order valence-corrected chi connectivity index (χ3v) is 33.4. The lowest BCUT2D eigenvalue weighted by Gasteiger charge is -2.12. The number of benzene rings is 12. The normalized spacial score (nSPS) is 11.2. The molecule has 12 aromatic carbocycles. The molecule has 0 spiro atoms. The van der Waals surface area contributed by atoms with Crippen LogP contribution < -0.4 is 18.9 Å². The number of hydrogen-bond acceptors (Lipinski definition) is 25. The number of nitrogens with zero attached hydrogens (tertiary/aromatic N) is 8. The number of halogens is 4. The number of thioether (sulfide) groups is 4. The van der Waals surface area contributed by atoms with Crippen LogP contribution in [0, 0.1) is 0 Å². The molecule has 21 nitrogen and oxygen atoms in total. The Kier molecular flexibility index (Phi) is 35.4. The Bertz CT molecular complexity index is 6820. The summed E-state index contributed by atoms with van der Waals surface area (Å²) in [4.78, 5) is 72.1. The van der Waals surface area contributed by atoms with E-state index < -0.39 is 0 Å². The second-order valence-electron chi connectivity index (χ2n) is 30.6. The highest BCUT2D eigenvalue weighted by atomic mass is 79.9. The quantitative estimate of drug-likeness (QED) is 0.0232. The highest BCUT2D eigenvalue weighted by Gasteiger charge is 2.33. The third-order valence-electron chi connectivity index (χ3n) is 22.2. The lowest BCUT2D eigenvalue weighted by Crippen LogP contribution is -2.09. The molecule has 0 aliphatic rings. The van der Waals surface area contributed by atoms with Gasteiger partial charge >= 0.3 is 23.9 Å². The number of carbonyl (C=O) groups excluding carboxylic acids is 4. The van der Waals surface area contributed by atoms with E-state index in [-0.39, 0.29) is 23.9 Å². The first-order chi connectivity index (χ1) is 68.8. The number of thiazole rings is 4. The molecule has 33 heteroatoms. The molecule has 0 radical (unpaired) electrons. The van der Waals surface area contributed by atoms with Gasteiger partial charge in [0.2, 0.25) is 0 Å². The van der Waals surface area contributed by atoms with Crippen molar-refractivity contribution in [2.75, 3.05) is 68.1 Å². The molecule has 0 unspecified atom stereocenters. The number of hydrogen-bond donors (Lipinski definition) is 0. The van der Waals surface area contributed by atoms with Gasteiger partial charge in [-0.25, -0.2) is 39.1 Å². The highest BCUT2D eigenvalue weighted by molar-refractivity contribution is 9.11. The standard InChI is InChI=1S/4C26H21BrN2O3S2.C4H10O/c4*1-3-32-25(30)24-17-13-22(31-2)18(27)14-20(17)29(16-9-5-4-6-10-16)21(24)15-33-26-28-19-11-7-8-12-23(19)34-26;1-3-5-4-2/h4*4-14H,3,15H2,1-2H3;3-4H2,1-2H3. The van der Waals surface area contributed by atoms with E-state index >= 15 is 0 Å². The van der Waals surface area contributed by atoms with Crippen molar-refractivity contribution in [1.29, 1.82) is 0 Å². The summed E-state index contributed by atoms with van der Waals surface area (Å²) in [5.74, 6) is 3.49. The van der Waals surface area contributed by atoms with Crippen LogP contribution in [0.3, 0.4) is 0 Å². The molecule has 0 N–H and O–H groups in total. The third kappa shape index (κ3) is 23.2. The van der Waals surface area contributed by atoms with Crippen LogP contribution in [-0.2, 0) is 46.7 Å². The summed E-state index contributed by atoms with van der Waals surface area (Å²) in [6.45, 7) is 14.2. The minimum Gasteiger partial charge on any atom is -0.496 e. The smallest absolute Gasteiger partial charge is 0.340 e. The SMILES string of the molecule is CCOC(=O)c1c(CSc2nc3ccccc3s2)n(-c2ccccc2)c2cc(Br)c(OC)cc12.CCOC(=O)c1c(CSc2nc3ccccc3s2)n(-c2ccccc2)c2cc(Br)c(OC)cc12.CCOC(=O)c1c(CSc2nc3ccccc3s2)n(-c2ccccc2)c2cc(Br)c(OC)cc12.CCOC(=O)c1c(CSc2nc3ccccc3s2)n(-c2ccccc2)c2cc(Br)c(OC)cc12.CCOCC. The van der Waals surface area contributed by atoms with Gasteiger partial charge in [-0.05, 0) is 251 Å². The van der Waals surface area contributed by atoms with E-state index in [1.807, 2.05) is 284 Å². The van der Waals surface area contributed by atoms with E-state index in [1.54, 1.807) is 121 Å². The first-order valence-corrected chi connectivity index (χ1v) is 55.3. The molecule has 0 aliphatic carbocycles. The maximum absolute atomic E-state index is 13.3. The van der Waals surface area contributed by atoms with Gasteiger partial charge in [0.1, 0.15) is 23.0 Å². The molecule has 0 bridgehead atoms. The summed E-state index contributed by atoms with van der Waals surface area (Å²) >= 11 is 27.6. The Morgan fingerprint density at radius 1 is 0.277 bits per heavy atom. The number of esters is 4. The van der Waals surface area contributed by atoms with Crippen LogP contribution >= 0.6 is 156 Å². The van der Waals surface area contributed by atoms with E-state index in [4.69, 9.17) is 62.6 Å². The fourth-order valence-corrected chi connectivity index (χ4v) is 26.4. The molecule has 0 amide bonds. The minimum absolute atomic E-state index is 0.301. The number of ether oxygens (including phenoxy) is 9. The van der Waals surface area contributed by atoms with E-state index in [0.717, 1.165) is 178 Å². The average molecular weight is 2290 g/mol. The zero-order chi connectivity index (χ0) is 98.7. The van der Waals surface area contributed by atoms with Crippen molar-refractivity contribution < 1.29 is 61.8 Å². The lowest BCUT2D eigenvalue weighted by atomic mass is 10.1. The van der Waals surface area contributed by atoms with Gasteiger partial charge in [-0.3, -0.25) is 0 Å². The molecule has 0 saturated carbocycles. The van der Waals surface area contributed by atoms with Crippen molar-refractivity contribution in [3.05, 3.63) is 330 Å². The van der Waals surface area contributed by atoms with Crippen molar-refractivity contribution in [2.45, 2.75) is 81.9 Å². The number of fused-ring (bicyclic) bond motifs is 8. The number of aromatic nitrogens is 8. The zero-order valence-corrected chi connectivity index (χ0v) is 91.0. The first-order valence-electron chi connectivity index (χ1n) is 44.9. The molecular formula is C108H94Br4N8O13S8. The average Bonchev–Trinajstić information content (AvgIpc) is 1.60. The molecule has 720 valence electrons. The fraction of sp³-hybridized carbons (Fsp3) is 0.185. The van der Waals surface area contributed by atoms with Gasteiger partial charge < -0.3 is 60.9 Å². The second kappa shape index (κ2) is 48.7. The van der Waals surface area contributed by atoms with E-state index in [9.17, 15) is 19.2 Å². The van der Waals surface area contributed by atoms with Crippen LogP contribution in [0.5, 0.6) is 23.0 Å². The Hall–Kier alpha value is -11.3. The maximum Gasteiger partial charge on any atom is 0.340 e. The van der Waals surface area contributed by atoms with Gasteiger partial charge in [0.15, 0.2) is 17.4 Å². The maximum atomic E-state index is 13.3. The summed E-state index contributed by atoms with van der Waals surface area (Å²) in [6.07, 6.45) is 0. The minimum atomic E-state index is -0.341. The summed E-state index contributed by atoms with van der Waals surface area (Å²) in [5, 5.41) is 3.18. The molecule has 0 atom stereocenters. The van der Waals surface area contributed by atoms with Crippen molar-refractivity contribution in [3.63, 3.8) is 0 Å². The van der Waals surface area contributed by atoms with Gasteiger partial charge in [-0.2, -0.15) is 0 Å². The highest BCUT2D eigenvalue weighted by Crippen LogP contribution is 2.47. The monoisotopic (exact) mass is 2280 g/mol. The van der Waals surface area contributed by atoms with Gasteiger partial charge in [-0.1, -0.05) is 168 Å². The van der Waals surface area contributed by atoms with E-state index in [1.165, 1.54) is 0 Å². The molecule has 0 saturated heterocycles. The summed E-state index contributed by atoms with van der Waals surface area (Å²) in [5.41, 5.74) is 17.1. The van der Waals surface area contributed by atoms with E-state index in [2.05, 4.69) is 106 Å². The van der Waals surface area contributed by atoms with Crippen LogP contribution in [0.2, 0.25) is 0 Å². The zero-order valence-electron chi connectivity index (χ0n) is 78.1. The molecule has 0 aliphatic heterocycles.